The Balaban J connectivity index is 1.58. The minimum absolute atomic E-state index is 0.0661. The van der Waals surface area contributed by atoms with Crippen molar-refractivity contribution in [3.8, 4) is 5.75 Å². The van der Waals surface area contributed by atoms with Crippen molar-refractivity contribution in [2.75, 3.05) is 12.4 Å². The third-order valence-electron chi connectivity index (χ3n) is 5.57. The first-order valence-electron chi connectivity index (χ1n) is 10.1. The van der Waals surface area contributed by atoms with E-state index in [-0.39, 0.29) is 24.3 Å². The van der Waals surface area contributed by atoms with Crippen LogP contribution < -0.4 is 15.4 Å². The lowest BCUT2D eigenvalue weighted by atomic mass is 9.96. The molecule has 6 nitrogen and oxygen atoms in total. The largest absolute Gasteiger partial charge is 0.497 e. The Morgan fingerprint density at radius 2 is 1.88 bits per heavy atom. The Labute approximate surface area is 183 Å². The Kier molecular flexibility index (Phi) is 5.82. The normalized spacial score (nSPS) is 17.9. The Morgan fingerprint density at radius 1 is 1.19 bits per heavy atom. The number of aromatic nitrogens is 2. The molecule has 1 aliphatic rings. The highest BCUT2D eigenvalue weighted by Gasteiger charge is 2.47. The summed E-state index contributed by atoms with van der Waals surface area (Å²) in [6, 6.07) is 12.0. The van der Waals surface area contributed by atoms with Crippen molar-refractivity contribution in [1.82, 2.24) is 15.1 Å². The molecule has 3 aromatic rings. The van der Waals surface area contributed by atoms with Gasteiger partial charge in [-0.25, -0.2) is 4.68 Å². The molecule has 0 saturated carbocycles. The first-order valence-corrected chi connectivity index (χ1v) is 10.1. The monoisotopic (exact) mass is 444 g/mol. The van der Waals surface area contributed by atoms with Crippen molar-refractivity contribution < 1.29 is 22.7 Å². The minimum atomic E-state index is -4.50. The number of benzene rings is 2. The quantitative estimate of drug-likeness (QED) is 0.594. The van der Waals surface area contributed by atoms with Crippen LogP contribution in [0.5, 0.6) is 5.75 Å². The molecule has 0 fully saturated rings. The van der Waals surface area contributed by atoms with Gasteiger partial charge in [0.15, 0.2) is 6.04 Å². The minimum Gasteiger partial charge on any atom is -0.497 e. The number of aryl methyl sites for hydroxylation is 1. The van der Waals surface area contributed by atoms with Gasteiger partial charge >= 0.3 is 6.18 Å². The predicted octanol–water partition coefficient (Wildman–Crippen LogP) is 4.79. The van der Waals surface area contributed by atoms with Gasteiger partial charge in [0.25, 0.3) is 5.91 Å². The van der Waals surface area contributed by atoms with Crippen LogP contribution in [0.3, 0.4) is 0 Å². The van der Waals surface area contributed by atoms with E-state index in [1.165, 1.54) is 6.20 Å². The summed E-state index contributed by atoms with van der Waals surface area (Å²) in [7, 11) is 1.56. The number of hydrogen-bond acceptors (Lipinski definition) is 4. The Bertz CT molecular complexity index is 1090. The van der Waals surface area contributed by atoms with Gasteiger partial charge in [0.1, 0.15) is 17.1 Å². The zero-order valence-corrected chi connectivity index (χ0v) is 17.6. The molecule has 2 N–H and O–H groups in total. The zero-order valence-electron chi connectivity index (χ0n) is 17.6. The topological polar surface area (TPSA) is 68.2 Å². The maximum atomic E-state index is 13.8. The Hall–Kier alpha value is -3.49. The van der Waals surface area contributed by atoms with E-state index in [2.05, 4.69) is 15.7 Å². The molecule has 0 radical (unpaired) electrons. The van der Waals surface area contributed by atoms with E-state index < -0.39 is 24.2 Å². The molecular weight excluding hydrogens is 421 g/mol. The van der Waals surface area contributed by atoms with Gasteiger partial charge in [-0.2, -0.15) is 18.3 Å². The van der Waals surface area contributed by atoms with Crippen LogP contribution in [0.15, 0.2) is 54.7 Å². The number of amides is 1. The van der Waals surface area contributed by atoms with E-state index >= 15 is 0 Å². The van der Waals surface area contributed by atoms with Gasteiger partial charge in [-0.05, 0) is 30.2 Å². The van der Waals surface area contributed by atoms with Gasteiger partial charge in [0, 0.05) is 13.0 Å². The second-order valence-electron chi connectivity index (χ2n) is 7.78. The van der Waals surface area contributed by atoms with Crippen molar-refractivity contribution in [2.45, 2.75) is 38.1 Å². The number of carbonyl (C=O) groups excluding carboxylic acids is 1. The van der Waals surface area contributed by atoms with E-state index in [1.807, 2.05) is 19.1 Å². The number of hydrogen-bond donors (Lipinski definition) is 2. The number of halogens is 3. The van der Waals surface area contributed by atoms with Crippen molar-refractivity contribution in [2.24, 2.45) is 0 Å². The van der Waals surface area contributed by atoms with E-state index in [9.17, 15) is 18.0 Å². The number of alkyl halides is 3. The summed E-state index contributed by atoms with van der Waals surface area (Å²) in [6.07, 6.45) is -3.53. The number of nitrogens with one attached hydrogen (secondary N) is 2. The van der Waals surface area contributed by atoms with Gasteiger partial charge in [-0.1, -0.05) is 42.0 Å². The first kappa shape index (κ1) is 21.7. The number of methoxy groups -OCH3 is 1. The van der Waals surface area contributed by atoms with Crippen LogP contribution in [-0.4, -0.2) is 29.0 Å². The maximum absolute atomic E-state index is 13.8. The van der Waals surface area contributed by atoms with Crippen LogP contribution in [0.4, 0.5) is 19.0 Å². The van der Waals surface area contributed by atoms with Crippen LogP contribution in [0, 0.1) is 6.92 Å². The van der Waals surface area contributed by atoms with E-state index in [0.29, 0.717) is 5.75 Å². The number of rotatable bonds is 5. The van der Waals surface area contributed by atoms with Gasteiger partial charge < -0.3 is 15.4 Å². The third kappa shape index (κ3) is 4.42. The molecule has 1 amide bonds. The highest BCUT2D eigenvalue weighted by atomic mass is 19.4. The summed E-state index contributed by atoms with van der Waals surface area (Å²) in [4.78, 5) is 12.8. The van der Waals surface area contributed by atoms with Crippen molar-refractivity contribution >= 4 is 11.7 Å². The molecule has 0 unspecified atom stereocenters. The fourth-order valence-corrected chi connectivity index (χ4v) is 3.77. The predicted molar refractivity (Wildman–Crippen MR) is 114 cm³/mol. The molecule has 168 valence electrons. The molecule has 9 heteroatoms. The van der Waals surface area contributed by atoms with Crippen LogP contribution in [-0.2, 0) is 6.54 Å². The number of carbonyl (C=O) groups is 1. The van der Waals surface area contributed by atoms with Crippen LogP contribution in [0.2, 0.25) is 0 Å². The van der Waals surface area contributed by atoms with Crippen LogP contribution in [0.25, 0.3) is 0 Å². The zero-order chi connectivity index (χ0) is 22.9. The van der Waals surface area contributed by atoms with E-state index in [4.69, 9.17) is 4.74 Å². The van der Waals surface area contributed by atoms with Gasteiger partial charge in [0.05, 0.1) is 19.3 Å². The fourth-order valence-electron chi connectivity index (χ4n) is 3.77. The number of anilines is 1. The lowest BCUT2D eigenvalue weighted by Gasteiger charge is -2.34. The number of ether oxygens (including phenoxy) is 1. The number of nitrogens with zero attached hydrogens (tertiary/aromatic N) is 2. The molecule has 2 atom stereocenters. The molecular formula is C23H23F3N4O2. The van der Waals surface area contributed by atoms with Crippen LogP contribution in [0.1, 0.15) is 45.6 Å². The summed E-state index contributed by atoms with van der Waals surface area (Å²) in [5.74, 6) is 0.256. The maximum Gasteiger partial charge on any atom is 0.410 e. The molecule has 4 rings (SSSR count). The average Bonchev–Trinajstić information content (AvgIpc) is 3.21. The summed E-state index contributed by atoms with van der Waals surface area (Å²) in [6.45, 7) is 2.13. The molecule has 0 spiro atoms. The molecule has 2 heterocycles. The summed E-state index contributed by atoms with van der Waals surface area (Å²) in [5, 5.41) is 9.75. The second kappa shape index (κ2) is 8.57. The molecule has 1 aliphatic heterocycles. The lowest BCUT2D eigenvalue weighted by molar-refractivity contribution is -0.173. The fraction of sp³-hybridized carbons (Fsp3) is 0.304. The highest BCUT2D eigenvalue weighted by Crippen LogP contribution is 2.44. The molecule has 1 aromatic heterocycles. The third-order valence-corrected chi connectivity index (χ3v) is 5.57. The van der Waals surface area contributed by atoms with Gasteiger partial charge in [0.2, 0.25) is 0 Å². The van der Waals surface area contributed by atoms with Crippen molar-refractivity contribution in [3.05, 3.63) is 77.0 Å². The van der Waals surface area contributed by atoms with Crippen molar-refractivity contribution in [3.63, 3.8) is 0 Å². The standard InChI is InChI=1S/C23H23F3N4O2/c1-14-3-7-16(8-4-14)19-11-20(23(24,25)26)30-21(29-19)18(13-28-30)22(31)27-12-15-5-9-17(32-2)10-6-15/h3-10,13,19-20,29H,11-12H2,1-2H3,(H,27,31)/t19-,20+/m1/s1. The summed E-state index contributed by atoms with van der Waals surface area (Å²) < 4.78 is 47.4. The smallest absolute Gasteiger partial charge is 0.410 e. The number of fused-ring (bicyclic) bond motifs is 1. The van der Waals surface area contributed by atoms with Gasteiger partial charge in [-0.3, -0.25) is 4.79 Å². The van der Waals surface area contributed by atoms with E-state index in [0.717, 1.165) is 21.4 Å². The molecule has 2 aromatic carbocycles. The molecule has 32 heavy (non-hydrogen) atoms. The molecule has 0 bridgehead atoms. The summed E-state index contributed by atoms with van der Waals surface area (Å²) in [5.41, 5.74) is 2.64. The average molecular weight is 444 g/mol. The Morgan fingerprint density at radius 3 is 2.50 bits per heavy atom. The van der Waals surface area contributed by atoms with Crippen LogP contribution >= 0.6 is 0 Å². The van der Waals surface area contributed by atoms with E-state index in [1.54, 1.807) is 43.5 Å². The molecule has 0 saturated heterocycles. The molecule has 0 aliphatic carbocycles. The SMILES string of the molecule is COc1ccc(CNC(=O)c2cnn3c2N[C@@H](c2ccc(C)cc2)C[C@H]3C(F)(F)F)cc1. The second-order valence-corrected chi connectivity index (χ2v) is 7.78. The van der Waals surface area contributed by atoms with Gasteiger partial charge in [-0.15, -0.1) is 0 Å². The first-order chi connectivity index (χ1) is 15.3. The highest BCUT2D eigenvalue weighted by molar-refractivity contribution is 5.98. The summed E-state index contributed by atoms with van der Waals surface area (Å²) >= 11 is 0. The van der Waals surface area contributed by atoms with Crippen molar-refractivity contribution in [1.29, 1.82) is 0 Å². The lowest BCUT2D eigenvalue weighted by Crippen LogP contribution is -2.36.